The van der Waals surface area contributed by atoms with Gasteiger partial charge in [0.1, 0.15) is 0 Å². The second kappa shape index (κ2) is 7.39. The van der Waals surface area contributed by atoms with Crippen LogP contribution in [0.3, 0.4) is 0 Å². The first-order valence-corrected chi connectivity index (χ1v) is 8.94. The maximum absolute atomic E-state index is 12.0. The number of aryl methyl sites for hydroxylation is 3. The molecule has 2 aromatic heterocycles. The van der Waals surface area contributed by atoms with Gasteiger partial charge >= 0.3 is 0 Å². The van der Waals surface area contributed by atoms with Crippen molar-refractivity contribution < 1.29 is 9.53 Å². The number of hydrogen-bond donors (Lipinski definition) is 1. The van der Waals surface area contributed by atoms with Crippen molar-refractivity contribution in [1.29, 1.82) is 0 Å². The Morgan fingerprint density at radius 3 is 2.88 bits per heavy atom. The van der Waals surface area contributed by atoms with E-state index in [4.69, 9.17) is 4.74 Å². The first-order valence-electron chi connectivity index (χ1n) is 8.94. The van der Waals surface area contributed by atoms with Gasteiger partial charge in [-0.15, -0.1) is 5.10 Å². The van der Waals surface area contributed by atoms with Gasteiger partial charge in [0, 0.05) is 31.9 Å². The van der Waals surface area contributed by atoms with E-state index >= 15 is 0 Å². The summed E-state index contributed by atoms with van der Waals surface area (Å²) in [6, 6.07) is 2.71. The molecular weight excluding hydrogens is 318 g/mol. The standard InChI is InChI=1S/C18H27N5O2/c1-5-23(14-6-7-14)9-8-19-15(24)11-25-18-16-12(2)10-13(3)20-17(16)22(4)21-18/h10,14H,5-9,11H2,1-4H3,(H,19,24). The minimum atomic E-state index is -0.122. The van der Waals surface area contributed by atoms with E-state index in [9.17, 15) is 4.79 Å². The van der Waals surface area contributed by atoms with Crippen LogP contribution < -0.4 is 10.1 Å². The zero-order chi connectivity index (χ0) is 18.0. The van der Waals surface area contributed by atoms with Crippen LogP contribution in [-0.2, 0) is 11.8 Å². The number of amides is 1. The molecule has 0 aromatic carbocycles. The SMILES string of the molecule is CCN(CCNC(=O)COc1nn(C)c2nc(C)cc(C)c12)C1CC1. The minimum Gasteiger partial charge on any atom is -0.466 e. The predicted octanol–water partition coefficient (Wildman–Crippen LogP) is 1.56. The van der Waals surface area contributed by atoms with E-state index < -0.39 is 0 Å². The number of nitrogens with zero attached hydrogens (tertiary/aromatic N) is 4. The molecule has 25 heavy (non-hydrogen) atoms. The number of fused-ring (bicyclic) bond motifs is 1. The fourth-order valence-corrected chi connectivity index (χ4v) is 3.21. The van der Waals surface area contributed by atoms with E-state index in [1.165, 1.54) is 12.8 Å². The second-order valence-electron chi connectivity index (χ2n) is 6.71. The maximum atomic E-state index is 12.0. The molecule has 1 N–H and O–H groups in total. The molecule has 3 rings (SSSR count). The molecule has 2 aromatic rings. The van der Waals surface area contributed by atoms with E-state index in [1.54, 1.807) is 4.68 Å². The molecule has 2 heterocycles. The Labute approximate surface area is 148 Å². The zero-order valence-corrected chi connectivity index (χ0v) is 15.5. The number of aromatic nitrogens is 3. The van der Waals surface area contributed by atoms with Crippen molar-refractivity contribution in [3.63, 3.8) is 0 Å². The topological polar surface area (TPSA) is 72.3 Å². The molecule has 1 fully saturated rings. The Morgan fingerprint density at radius 1 is 1.44 bits per heavy atom. The van der Waals surface area contributed by atoms with Gasteiger partial charge in [-0.25, -0.2) is 9.67 Å². The van der Waals surface area contributed by atoms with Crippen LogP contribution in [0, 0.1) is 13.8 Å². The number of pyridine rings is 1. The fourth-order valence-electron chi connectivity index (χ4n) is 3.21. The molecule has 0 spiro atoms. The molecule has 1 aliphatic rings. The largest absolute Gasteiger partial charge is 0.466 e. The third-order valence-electron chi connectivity index (χ3n) is 4.62. The number of carbonyl (C=O) groups is 1. The van der Waals surface area contributed by atoms with Crippen molar-refractivity contribution in [2.75, 3.05) is 26.2 Å². The van der Waals surface area contributed by atoms with E-state index in [0.717, 1.165) is 41.4 Å². The van der Waals surface area contributed by atoms with Gasteiger partial charge in [0.15, 0.2) is 12.3 Å². The van der Waals surface area contributed by atoms with Crippen molar-refractivity contribution in [3.05, 3.63) is 17.3 Å². The van der Waals surface area contributed by atoms with E-state index in [2.05, 4.69) is 27.2 Å². The van der Waals surface area contributed by atoms with Crippen LogP contribution in [0.5, 0.6) is 5.88 Å². The molecule has 7 nitrogen and oxygen atoms in total. The van der Waals surface area contributed by atoms with E-state index in [1.807, 2.05) is 27.0 Å². The third-order valence-corrected chi connectivity index (χ3v) is 4.62. The van der Waals surface area contributed by atoms with Gasteiger partial charge < -0.3 is 10.1 Å². The summed E-state index contributed by atoms with van der Waals surface area (Å²) >= 11 is 0. The van der Waals surface area contributed by atoms with Crippen molar-refractivity contribution in [1.82, 2.24) is 25.0 Å². The molecule has 0 unspecified atom stereocenters. The highest BCUT2D eigenvalue weighted by molar-refractivity contribution is 5.85. The van der Waals surface area contributed by atoms with Crippen LogP contribution in [0.4, 0.5) is 0 Å². The van der Waals surface area contributed by atoms with Crippen LogP contribution in [0.1, 0.15) is 31.0 Å². The van der Waals surface area contributed by atoms with E-state index in [0.29, 0.717) is 12.4 Å². The van der Waals surface area contributed by atoms with Gasteiger partial charge in [0.25, 0.3) is 5.91 Å². The molecule has 0 saturated heterocycles. The normalized spacial score (nSPS) is 14.3. The summed E-state index contributed by atoms with van der Waals surface area (Å²) in [7, 11) is 1.83. The number of hydrogen-bond acceptors (Lipinski definition) is 5. The molecule has 1 saturated carbocycles. The lowest BCUT2D eigenvalue weighted by atomic mass is 10.2. The summed E-state index contributed by atoms with van der Waals surface area (Å²) in [6.45, 7) is 8.65. The summed E-state index contributed by atoms with van der Waals surface area (Å²) < 4.78 is 7.36. The first kappa shape index (κ1) is 17.7. The van der Waals surface area contributed by atoms with Crippen LogP contribution in [0.15, 0.2) is 6.07 Å². The second-order valence-corrected chi connectivity index (χ2v) is 6.71. The quantitative estimate of drug-likeness (QED) is 0.786. The number of carbonyl (C=O) groups excluding carboxylic acids is 1. The molecular formula is C18H27N5O2. The smallest absolute Gasteiger partial charge is 0.258 e. The Hall–Kier alpha value is -2.15. The summed E-state index contributed by atoms with van der Waals surface area (Å²) in [6.07, 6.45) is 2.56. The molecule has 0 aliphatic heterocycles. The molecule has 1 aliphatic carbocycles. The Bertz CT molecular complexity index is 766. The maximum Gasteiger partial charge on any atom is 0.258 e. The Morgan fingerprint density at radius 2 is 2.20 bits per heavy atom. The average molecular weight is 345 g/mol. The summed E-state index contributed by atoms with van der Waals surface area (Å²) in [4.78, 5) is 19.0. The molecule has 7 heteroatoms. The van der Waals surface area contributed by atoms with Crippen LogP contribution >= 0.6 is 0 Å². The summed E-state index contributed by atoms with van der Waals surface area (Å²) in [5.41, 5.74) is 2.76. The Balaban J connectivity index is 1.54. The van der Waals surface area contributed by atoms with Crippen molar-refractivity contribution in [2.45, 2.75) is 39.7 Å². The highest BCUT2D eigenvalue weighted by Gasteiger charge is 2.27. The summed E-state index contributed by atoms with van der Waals surface area (Å²) in [5.74, 6) is 0.342. The molecule has 0 radical (unpaired) electrons. The van der Waals surface area contributed by atoms with Crippen LogP contribution in [0.2, 0.25) is 0 Å². The van der Waals surface area contributed by atoms with Gasteiger partial charge in [-0.2, -0.15) is 0 Å². The van der Waals surface area contributed by atoms with Gasteiger partial charge in [-0.3, -0.25) is 9.69 Å². The van der Waals surface area contributed by atoms with Gasteiger partial charge in [0.05, 0.1) is 5.39 Å². The fraction of sp³-hybridized carbons (Fsp3) is 0.611. The van der Waals surface area contributed by atoms with Gasteiger partial charge in [-0.05, 0) is 44.9 Å². The summed E-state index contributed by atoms with van der Waals surface area (Å²) in [5, 5.41) is 8.15. The molecule has 1 amide bonds. The first-order chi connectivity index (χ1) is 12.0. The lowest BCUT2D eigenvalue weighted by Crippen LogP contribution is -2.37. The lowest BCUT2D eigenvalue weighted by molar-refractivity contribution is -0.123. The Kier molecular flexibility index (Phi) is 5.22. The highest BCUT2D eigenvalue weighted by atomic mass is 16.5. The highest BCUT2D eigenvalue weighted by Crippen LogP contribution is 2.27. The predicted molar refractivity (Wildman–Crippen MR) is 96.8 cm³/mol. The third kappa shape index (κ3) is 4.10. The number of ether oxygens (including phenoxy) is 1. The lowest BCUT2D eigenvalue weighted by Gasteiger charge is -2.19. The van der Waals surface area contributed by atoms with Crippen LogP contribution in [-0.4, -0.2) is 57.9 Å². The number of nitrogens with one attached hydrogen (secondary N) is 1. The van der Waals surface area contributed by atoms with E-state index in [-0.39, 0.29) is 12.5 Å². The minimum absolute atomic E-state index is 0.0328. The monoisotopic (exact) mass is 345 g/mol. The average Bonchev–Trinajstić information content (AvgIpc) is 3.35. The van der Waals surface area contributed by atoms with Gasteiger partial charge in [-0.1, -0.05) is 6.92 Å². The van der Waals surface area contributed by atoms with Crippen molar-refractivity contribution in [3.8, 4) is 5.88 Å². The van der Waals surface area contributed by atoms with Crippen molar-refractivity contribution in [2.24, 2.45) is 7.05 Å². The number of rotatable bonds is 8. The molecule has 136 valence electrons. The van der Waals surface area contributed by atoms with Gasteiger partial charge in [0.2, 0.25) is 5.88 Å². The molecule has 0 bridgehead atoms. The van der Waals surface area contributed by atoms with Crippen LogP contribution in [0.25, 0.3) is 11.0 Å². The van der Waals surface area contributed by atoms with Crippen molar-refractivity contribution >= 4 is 16.9 Å². The molecule has 0 atom stereocenters. The number of likely N-dealkylation sites (N-methyl/N-ethyl adjacent to an activating group) is 1. The zero-order valence-electron chi connectivity index (χ0n) is 15.5.